The van der Waals surface area contributed by atoms with Crippen LogP contribution in [0, 0.1) is 5.82 Å². The summed E-state index contributed by atoms with van der Waals surface area (Å²) in [6.45, 7) is 1.49. The Balaban J connectivity index is 0.00000196. The molecule has 0 bridgehead atoms. The summed E-state index contributed by atoms with van der Waals surface area (Å²) in [5, 5.41) is 11.2. The first-order chi connectivity index (χ1) is 6.50. The Morgan fingerprint density at radius 3 is 2.67 bits per heavy atom. The Morgan fingerprint density at radius 1 is 1.60 bits per heavy atom. The van der Waals surface area contributed by atoms with Crippen LogP contribution in [-0.4, -0.2) is 17.1 Å². The summed E-state index contributed by atoms with van der Waals surface area (Å²) in [4.78, 5) is 10.5. The number of carboxylic acid groups (broad SMARTS) is 1. The maximum atomic E-state index is 12.7. The average Bonchev–Trinajstić information content (AvgIpc) is 2.11. The molecule has 2 N–H and O–H groups in total. The van der Waals surface area contributed by atoms with Crippen molar-refractivity contribution in [3.05, 3.63) is 29.0 Å². The van der Waals surface area contributed by atoms with Gasteiger partial charge in [-0.25, -0.2) is 4.39 Å². The quantitative estimate of drug-likeness (QED) is 0.692. The molecule has 1 rings (SSSR count). The first-order valence-corrected chi connectivity index (χ1v) is 4.33. The van der Waals surface area contributed by atoms with E-state index in [0.717, 1.165) is 0 Å². The zero-order valence-electron chi connectivity index (χ0n) is 8.42. The molecule has 3 nitrogen and oxygen atoms in total. The molecule has 0 spiro atoms. The Labute approximate surface area is 114 Å². The van der Waals surface area contributed by atoms with Crippen LogP contribution in [-0.2, 0) is 4.79 Å². The van der Waals surface area contributed by atoms with Gasteiger partial charge in [0.25, 0.3) is 0 Å². The second-order valence-corrected chi connectivity index (χ2v) is 3.24. The van der Waals surface area contributed by atoms with Crippen LogP contribution >= 0.6 is 11.6 Å². The summed E-state index contributed by atoms with van der Waals surface area (Å²) in [5.74, 6) is -1.51. The molecule has 1 aromatic rings. The summed E-state index contributed by atoms with van der Waals surface area (Å²) in [7, 11) is 0. The van der Waals surface area contributed by atoms with Crippen molar-refractivity contribution in [2.45, 2.75) is 13.0 Å². The van der Waals surface area contributed by atoms with Crippen LogP contribution in [0.15, 0.2) is 18.2 Å². The Bertz CT molecular complexity index is 362. The number of hydrogen-bond donors (Lipinski definition) is 2. The number of hydrogen-bond acceptors (Lipinski definition) is 2. The van der Waals surface area contributed by atoms with Gasteiger partial charge in [0.1, 0.15) is 11.9 Å². The van der Waals surface area contributed by atoms with E-state index in [2.05, 4.69) is 5.32 Å². The molecule has 0 saturated carbocycles. The van der Waals surface area contributed by atoms with Gasteiger partial charge >= 0.3 is 35.5 Å². The third-order valence-electron chi connectivity index (χ3n) is 1.67. The molecule has 1 unspecified atom stereocenters. The van der Waals surface area contributed by atoms with Crippen molar-refractivity contribution < 1.29 is 43.8 Å². The van der Waals surface area contributed by atoms with Crippen LogP contribution in [0.2, 0.25) is 5.02 Å². The average molecular weight is 241 g/mol. The summed E-state index contributed by atoms with van der Waals surface area (Å²) in [6.07, 6.45) is 0. The maximum absolute atomic E-state index is 12.7. The van der Waals surface area contributed by atoms with E-state index >= 15 is 0 Å². The van der Waals surface area contributed by atoms with Gasteiger partial charge in [0, 0.05) is 5.69 Å². The Kier molecular flexibility index (Phi) is 6.20. The van der Waals surface area contributed by atoms with Crippen molar-refractivity contribution in [2.75, 3.05) is 5.32 Å². The topological polar surface area (TPSA) is 49.3 Å². The van der Waals surface area contributed by atoms with Gasteiger partial charge in [0.15, 0.2) is 0 Å². The van der Waals surface area contributed by atoms with E-state index in [9.17, 15) is 9.18 Å². The standard InChI is InChI=1S/C9H9ClFNO2.Na/c1-5(9(13)14)12-6-2-3-8(11)7(10)4-6;/h2-5,12H,1H3,(H,13,14);/q;+1. The minimum atomic E-state index is -0.981. The van der Waals surface area contributed by atoms with Gasteiger partial charge in [-0.1, -0.05) is 11.6 Å². The van der Waals surface area contributed by atoms with E-state index in [1.54, 1.807) is 0 Å². The largest absolute Gasteiger partial charge is 1.00 e. The molecular formula is C9H9ClFNNaO2+. The fraction of sp³-hybridized carbons (Fsp3) is 0.222. The zero-order chi connectivity index (χ0) is 10.7. The second kappa shape index (κ2) is 6.33. The molecule has 0 saturated heterocycles. The number of nitrogens with one attached hydrogen (secondary N) is 1. The van der Waals surface area contributed by atoms with E-state index in [0.29, 0.717) is 5.69 Å². The minimum Gasteiger partial charge on any atom is -0.480 e. The number of aliphatic carboxylic acids is 1. The van der Waals surface area contributed by atoms with Gasteiger partial charge in [-0.05, 0) is 25.1 Å². The third-order valence-corrected chi connectivity index (χ3v) is 1.96. The molecule has 0 heterocycles. The minimum absolute atomic E-state index is 0. The third kappa shape index (κ3) is 4.38. The normalized spacial score (nSPS) is 11.4. The monoisotopic (exact) mass is 240 g/mol. The predicted molar refractivity (Wildman–Crippen MR) is 52.1 cm³/mol. The van der Waals surface area contributed by atoms with E-state index in [1.807, 2.05) is 0 Å². The fourth-order valence-corrected chi connectivity index (χ4v) is 1.08. The molecule has 0 radical (unpaired) electrons. The molecule has 0 aliphatic heterocycles. The van der Waals surface area contributed by atoms with Gasteiger partial charge in [0.05, 0.1) is 5.02 Å². The molecule has 0 amide bonds. The molecule has 0 aliphatic rings. The van der Waals surface area contributed by atoms with E-state index < -0.39 is 17.8 Å². The van der Waals surface area contributed by atoms with Crippen molar-refractivity contribution in [1.82, 2.24) is 0 Å². The summed E-state index contributed by atoms with van der Waals surface area (Å²) < 4.78 is 12.7. The van der Waals surface area contributed by atoms with Crippen LogP contribution in [0.5, 0.6) is 0 Å². The smallest absolute Gasteiger partial charge is 0.480 e. The van der Waals surface area contributed by atoms with E-state index in [4.69, 9.17) is 16.7 Å². The predicted octanol–water partition coefficient (Wildman–Crippen LogP) is -0.632. The van der Waals surface area contributed by atoms with Crippen molar-refractivity contribution in [1.29, 1.82) is 0 Å². The summed E-state index contributed by atoms with van der Waals surface area (Å²) >= 11 is 5.51. The fourth-order valence-electron chi connectivity index (χ4n) is 0.898. The van der Waals surface area contributed by atoms with Gasteiger partial charge in [0.2, 0.25) is 0 Å². The molecule has 0 aliphatic carbocycles. The maximum Gasteiger partial charge on any atom is 1.00 e. The molecule has 15 heavy (non-hydrogen) atoms. The van der Waals surface area contributed by atoms with Crippen LogP contribution in [0.1, 0.15) is 6.92 Å². The van der Waals surface area contributed by atoms with Gasteiger partial charge in [-0.2, -0.15) is 0 Å². The van der Waals surface area contributed by atoms with Crippen LogP contribution in [0.3, 0.4) is 0 Å². The first-order valence-electron chi connectivity index (χ1n) is 3.95. The van der Waals surface area contributed by atoms with Crippen molar-refractivity contribution in [3.8, 4) is 0 Å². The van der Waals surface area contributed by atoms with Gasteiger partial charge < -0.3 is 10.4 Å². The Hall–Kier alpha value is -0.290. The second-order valence-electron chi connectivity index (χ2n) is 2.83. The Morgan fingerprint density at radius 2 is 2.20 bits per heavy atom. The molecule has 0 aromatic heterocycles. The van der Waals surface area contributed by atoms with Crippen LogP contribution < -0.4 is 34.9 Å². The van der Waals surface area contributed by atoms with Crippen LogP contribution in [0.25, 0.3) is 0 Å². The number of carboxylic acids is 1. The van der Waals surface area contributed by atoms with Gasteiger partial charge in [-0.3, -0.25) is 4.79 Å². The van der Waals surface area contributed by atoms with Gasteiger partial charge in [-0.15, -0.1) is 0 Å². The molecular weight excluding hydrogens is 232 g/mol. The van der Waals surface area contributed by atoms with Crippen molar-refractivity contribution >= 4 is 23.3 Å². The van der Waals surface area contributed by atoms with E-state index in [1.165, 1.54) is 25.1 Å². The molecule has 76 valence electrons. The molecule has 1 atom stereocenters. The number of rotatable bonds is 3. The molecule has 0 fully saturated rings. The summed E-state index contributed by atoms with van der Waals surface area (Å²) in [5.41, 5.74) is 0.478. The van der Waals surface area contributed by atoms with Crippen LogP contribution in [0.4, 0.5) is 10.1 Å². The molecule has 6 heteroatoms. The number of carbonyl (C=O) groups is 1. The van der Waals surface area contributed by atoms with Crippen molar-refractivity contribution in [2.24, 2.45) is 0 Å². The molecule has 1 aromatic carbocycles. The van der Waals surface area contributed by atoms with E-state index in [-0.39, 0.29) is 34.6 Å². The van der Waals surface area contributed by atoms with Crippen molar-refractivity contribution in [3.63, 3.8) is 0 Å². The number of benzene rings is 1. The number of anilines is 1. The SMILES string of the molecule is CC(Nc1ccc(F)c(Cl)c1)C(=O)O.[Na+]. The first kappa shape index (κ1) is 14.7. The number of halogens is 2. The summed E-state index contributed by atoms with van der Waals surface area (Å²) in [6, 6.07) is 3.22. The zero-order valence-corrected chi connectivity index (χ0v) is 11.2.